The minimum absolute atomic E-state index is 0.0446. The van der Waals surface area contributed by atoms with Crippen LogP contribution in [0.15, 0.2) is 22.7 Å². The number of fused-ring (bicyclic) bond motifs is 1. The first-order chi connectivity index (χ1) is 7.09. The summed E-state index contributed by atoms with van der Waals surface area (Å²) in [5.74, 6) is 1.03. The molecule has 0 aliphatic carbocycles. The number of hydrogen-bond donors (Lipinski definition) is 1. The van der Waals surface area contributed by atoms with E-state index >= 15 is 0 Å². The summed E-state index contributed by atoms with van der Waals surface area (Å²) in [5, 5.41) is 2.94. The molecule has 1 unspecified atom stereocenters. The van der Waals surface area contributed by atoms with Crippen molar-refractivity contribution in [3.8, 4) is 0 Å². The Morgan fingerprint density at radius 2 is 2.20 bits per heavy atom. The molecule has 1 heterocycles. The van der Waals surface area contributed by atoms with E-state index in [-0.39, 0.29) is 5.91 Å². The van der Waals surface area contributed by atoms with Gasteiger partial charge in [-0.25, -0.2) is 0 Å². The third-order valence-corrected chi connectivity index (χ3v) is 3.44. The lowest BCUT2D eigenvalue weighted by Crippen LogP contribution is -2.36. The molecular weight excluding hydrogens is 254 g/mol. The molecule has 1 aliphatic rings. The zero-order chi connectivity index (χ0) is 11.0. The Bertz CT molecular complexity index is 401. The lowest BCUT2D eigenvalue weighted by Gasteiger charge is -2.28. The van der Waals surface area contributed by atoms with Crippen LogP contribution in [0.4, 0.5) is 0 Å². The summed E-state index contributed by atoms with van der Waals surface area (Å²) in [6, 6.07) is 5.97. The molecular formula is C12H14BrNO. The lowest BCUT2D eigenvalue weighted by atomic mass is 9.83. The minimum atomic E-state index is 0.0446. The third-order valence-electron chi connectivity index (χ3n) is 2.95. The summed E-state index contributed by atoms with van der Waals surface area (Å²) in [7, 11) is 0. The average molecular weight is 268 g/mol. The standard InChI is InChI=1S/C12H14BrNO/c1-7(2)11-6-14-12(15)10-5-8(13)3-4-9(10)11/h3-5,7,11H,6H2,1-2H3,(H,14,15). The van der Waals surface area contributed by atoms with E-state index in [2.05, 4.69) is 41.2 Å². The fourth-order valence-corrected chi connectivity index (χ4v) is 2.41. The van der Waals surface area contributed by atoms with Gasteiger partial charge in [-0.2, -0.15) is 0 Å². The monoisotopic (exact) mass is 267 g/mol. The predicted octanol–water partition coefficient (Wildman–Crippen LogP) is 2.93. The van der Waals surface area contributed by atoms with Crippen LogP contribution in [0, 0.1) is 5.92 Å². The Labute approximate surface area is 98.2 Å². The number of carbonyl (C=O) groups is 1. The first-order valence-electron chi connectivity index (χ1n) is 5.17. The maximum atomic E-state index is 11.7. The van der Waals surface area contributed by atoms with Gasteiger partial charge in [0.25, 0.3) is 5.91 Å². The second-order valence-electron chi connectivity index (χ2n) is 4.29. The van der Waals surface area contributed by atoms with Crippen LogP contribution >= 0.6 is 15.9 Å². The Balaban J connectivity index is 2.50. The van der Waals surface area contributed by atoms with Crippen LogP contribution in [0.3, 0.4) is 0 Å². The Morgan fingerprint density at radius 1 is 1.47 bits per heavy atom. The highest BCUT2D eigenvalue weighted by atomic mass is 79.9. The van der Waals surface area contributed by atoms with Gasteiger partial charge in [0.2, 0.25) is 0 Å². The van der Waals surface area contributed by atoms with E-state index < -0.39 is 0 Å². The smallest absolute Gasteiger partial charge is 0.251 e. The zero-order valence-corrected chi connectivity index (χ0v) is 10.5. The first kappa shape index (κ1) is 10.7. The molecule has 0 saturated carbocycles. The van der Waals surface area contributed by atoms with Crippen molar-refractivity contribution in [1.82, 2.24) is 5.32 Å². The van der Waals surface area contributed by atoms with E-state index in [1.54, 1.807) is 0 Å². The quantitative estimate of drug-likeness (QED) is 0.833. The van der Waals surface area contributed by atoms with E-state index in [0.29, 0.717) is 11.8 Å². The Hall–Kier alpha value is -0.830. The van der Waals surface area contributed by atoms with E-state index in [4.69, 9.17) is 0 Å². The molecule has 0 radical (unpaired) electrons. The second kappa shape index (κ2) is 3.97. The fraction of sp³-hybridized carbons (Fsp3) is 0.417. The maximum absolute atomic E-state index is 11.7. The number of carbonyl (C=O) groups excluding carboxylic acids is 1. The van der Waals surface area contributed by atoms with Crippen molar-refractivity contribution in [1.29, 1.82) is 0 Å². The van der Waals surface area contributed by atoms with Gasteiger partial charge < -0.3 is 5.32 Å². The largest absolute Gasteiger partial charge is 0.351 e. The van der Waals surface area contributed by atoms with Gasteiger partial charge in [0.15, 0.2) is 0 Å². The van der Waals surface area contributed by atoms with Crippen molar-refractivity contribution in [2.45, 2.75) is 19.8 Å². The lowest BCUT2D eigenvalue weighted by molar-refractivity contribution is 0.0936. The Morgan fingerprint density at radius 3 is 2.87 bits per heavy atom. The minimum Gasteiger partial charge on any atom is -0.351 e. The molecule has 1 aromatic rings. The van der Waals surface area contributed by atoms with Gasteiger partial charge in [0.05, 0.1) is 0 Å². The Kier molecular flexibility index (Phi) is 2.83. The number of amides is 1. The van der Waals surface area contributed by atoms with Gasteiger partial charge >= 0.3 is 0 Å². The predicted molar refractivity (Wildman–Crippen MR) is 64.1 cm³/mol. The molecule has 80 valence electrons. The van der Waals surface area contributed by atoms with Crippen LogP contribution < -0.4 is 5.32 Å². The molecule has 0 saturated heterocycles. The molecule has 0 fully saturated rings. The van der Waals surface area contributed by atoms with Crippen molar-refractivity contribution >= 4 is 21.8 Å². The van der Waals surface area contributed by atoms with Gasteiger partial charge in [-0.3, -0.25) is 4.79 Å². The highest BCUT2D eigenvalue weighted by Gasteiger charge is 2.27. The van der Waals surface area contributed by atoms with Gasteiger partial charge in [0, 0.05) is 22.5 Å². The number of rotatable bonds is 1. The third kappa shape index (κ3) is 1.93. The summed E-state index contributed by atoms with van der Waals surface area (Å²) in [5.41, 5.74) is 1.99. The molecule has 3 heteroatoms. The van der Waals surface area contributed by atoms with E-state index in [1.165, 1.54) is 5.56 Å². The number of halogens is 1. The number of benzene rings is 1. The van der Waals surface area contributed by atoms with Gasteiger partial charge in [-0.15, -0.1) is 0 Å². The second-order valence-corrected chi connectivity index (χ2v) is 5.21. The van der Waals surface area contributed by atoms with Crippen molar-refractivity contribution < 1.29 is 4.79 Å². The fourth-order valence-electron chi connectivity index (χ4n) is 2.05. The molecule has 0 spiro atoms. The molecule has 2 rings (SSSR count). The zero-order valence-electron chi connectivity index (χ0n) is 8.88. The van der Waals surface area contributed by atoms with Crippen LogP contribution in [0.5, 0.6) is 0 Å². The molecule has 2 nitrogen and oxygen atoms in total. The van der Waals surface area contributed by atoms with Crippen molar-refractivity contribution in [3.05, 3.63) is 33.8 Å². The average Bonchev–Trinajstić information content (AvgIpc) is 2.19. The van der Waals surface area contributed by atoms with Gasteiger partial charge in [-0.05, 0) is 23.6 Å². The van der Waals surface area contributed by atoms with Crippen LogP contribution in [0.25, 0.3) is 0 Å². The number of hydrogen-bond acceptors (Lipinski definition) is 1. The van der Waals surface area contributed by atoms with E-state index in [0.717, 1.165) is 16.6 Å². The molecule has 0 bridgehead atoms. The van der Waals surface area contributed by atoms with Crippen LogP contribution in [-0.2, 0) is 0 Å². The van der Waals surface area contributed by atoms with E-state index in [9.17, 15) is 4.79 Å². The highest BCUT2D eigenvalue weighted by Crippen LogP contribution is 2.31. The van der Waals surface area contributed by atoms with Crippen LogP contribution in [-0.4, -0.2) is 12.5 Å². The highest BCUT2D eigenvalue weighted by molar-refractivity contribution is 9.10. The van der Waals surface area contributed by atoms with Crippen molar-refractivity contribution in [3.63, 3.8) is 0 Å². The molecule has 1 aliphatic heterocycles. The van der Waals surface area contributed by atoms with Crippen LogP contribution in [0.1, 0.15) is 35.7 Å². The molecule has 1 aromatic carbocycles. The summed E-state index contributed by atoms with van der Waals surface area (Å²) in [6.45, 7) is 5.13. The topological polar surface area (TPSA) is 29.1 Å². The number of nitrogens with one attached hydrogen (secondary N) is 1. The van der Waals surface area contributed by atoms with Crippen LogP contribution in [0.2, 0.25) is 0 Å². The summed E-state index contributed by atoms with van der Waals surface area (Å²) in [6.07, 6.45) is 0. The molecule has 1 N–H and O–H groups in total. The maximum Gasteiger partial charge on any atom is 0.251 e. The van der Waals surface area contributed by atoms with E-state index in [1.807, 2.05) is 12.1 Å². The SMILES string of the molecule is CC(C)C1CNC(=O)c2cc(Br)ccc21. The van der Waals surface area contributed by atoms with Crippen molar-refractivity contribution in [2.75, 3.05) is 6.54 Å². The molecule has 1 amide bonds. The molecule has 0 aromatic heterocycles. The summed E-state index contributed by atoms with van der Waals surface area (Å²) in [4.78, 5) is 11.7. The first-order valence-corrected chi connectivity index (χ1v) is 5.96. The van der Waals surface area contributed by atoms with Gasteiger partial charge in [-0.1, -0.05) is 35.8 Å². The molecule has 1 atom stereocenters. The van der Waals surface area contributed by atoms with Gasteiger partial charge in [0.1, 0.15) is 0 Å². The summed E-state index contributed by atoms with van der Waals surface area (Å²) < 4.78 is 0.959. The summed E-state index contributed by atoms with van der Waals surface area (Å²) >= 11 is 3.39. The molecule has 15 heavy (non-hydrogen) atoms. The normalized spacial score (nSPS) is 20.0. The van der Waals surface area contributed by atoms with Crippen molar-refractivity contribution in [2.24, 2.45) is 5.92 Å².